The lowest BCUT2D eigenvalue weighted by molar-refractivity contribution is 0.0697. The number of sulfonamides is 1. The van der Waals surface area contributed by atoms with Crippen LogP contribution in [0.3, 0.4) is 0 Å². The summed E-state index contributed by atoms with van der Waals surface area (Å²) in [7, 11) is -3.72. The molecule has 0 spiro atoms. The van der Waals surface area contributed by atoms with Crippen LogP contribution in [0.5, 0.6) is 0 Å². The van der Waals surface area contributed by atoms with E-state index in [0.29, 0.717) is 5.56 Å². The van der Waals surface area contributed by atoms with Crippen LogP contribution in [-0.2, 0) is 10.0 Å². The van der Waals surface area contributed by atoms with Crippen molar-refractivity contribution in [3.05, 3.63) is 59.7 Å². The molecule has 2 rings (SSSR count). The lowest BCUT2D eigenvalue weighted by atomic mass is 10.1. The van der Waals surface area contributed by atoms with Crippen LogP contribution in [0, 0.1) is 6.92 Å². The Balaban J connectivity index is 2.39. The van der Waals surface area contributed by atoms with E-state index in [4.69, 9.17) is 5.11 Å². The maximum Gasteiger partial charge on any atom is 0.335 e. The zero-order valence-electron chi connectivity index (χ0n) is 10.7. The molecule has 0 heterocycles. The zero-order valence-corrected chi connectivity index (χ0v) is 11.5. The molecule has 0 bridgehead atoms. The number of hydrogen-bond acceptors (Lipinski definition) is 3. The number of hydrogen-bond donors (Lipinski definition) is 2. The summed E-state index contributed by atoms with van der Waals surface area (Å²) < 4.78 is 26.8. The second-order valence-electron chi connectivity index (χ2n) is 4.25. The molecule has 0 saturated heterocycles. The van der Waals surface area contributed by atoms with E-state index >= 15 is 0 Å². The van der Waals surface area contributed by atoms with Crippen molar-refractivity contribution >= 4 is 21.7 Å². The molecule has 0 aromatic heterocycles. The molecule has 0 amide bonds. The van der Waals surface area contributed by atoms with Crippen molar-refractivity contribution in [3.8, 4) is 0 Å². The number of benzene rings is 2. The van der Waals surface area contributed by atoms with Gasteiger partial charge in [0.15, 0.2) is 0 Å². The summed E-state index contributed by atoms with van der Waals surface area (Å²) in [6.45, 7) is 1.70. The second kappa shape index (κ2) is 5.34. The molecular formula is C14H13NO4S. The summed E-state index contributed by atoms with van der Waals surface area (Å²) in [5.74, 6) is -1.11. The van der Waals surface area contributed by atoms with E-state index in [1.807, 2.05) is 0 Å². The molecule has 6 heteroatoms. The van der Waals surface area contributed by atoms with Gasteiger partial charge in [-0.2, -0.15) is 0 Å². The highest BCUT2D eigenvalue weighted by atomic mass is 32.2. The van der Waals surface area contributed by atoms with E-state index in [0.717, 1.165) is 0 Å². The van der Waals surface area contributed by atoms with Crippen LogP contribution in [0.25, 0.3) is 0 Å². The Morgan fingerprint density at radius 1 is 1.10 bits per heavy atom. The van der Waals surface area contributed by atoms with Crippen molar-refractivity contribution in [3.63, 3.8) is 0 Å². The number of carboxylic acids is 1. The average Bonchev–Trinajstić information content (AvgIpc) is 2.42. The topological polar surface area (TPSA) is 83.5 Å². The summed E-state index contributed by atoms with van der Waals surface area (Å²) >= 11 is 0. The maximum atomic E-state index is 12.2. The molecule has 0 radical (unpaired) electrons. The van der Waals surface area contributed by atoms with Crippen molar-refractivity contribution in [2.24, 2.45) is 0 Å². The van der Waals surface area contributed by atoms with Gasteiger partial charge in [-0.1, -0.05) is 24.3 Å². The van der Waals surface area contributed by atoms with Gasteiger partial charge < -0.3 is 5.11 Å². The summed E-state index contributed by atoms with van der Waals surface area (Å²) in [5.41, 5.74) is 0.935. The Bertz CT molecular complexity index is 739. The van der Waals surface area contributed by atoms with Crippen molar-refractivity contribution < 1.29 is 18.3 Å². The fraction of sp³-hybridized carbons (Fsp3) is 0.0714. The van der Waals surface area contributed by atoms with E-state index in [1.54, 1.807) is 31.2 Å². The van der Waals surface area contributed by atoms with E-state index in [2.05, 4.69) is 4.72 Å². The third-order valence-corrected chi connectivity index (χ3v) is 4.16. The normalized spacial score (nSPS) is 11.1. The number of aryl methyl sites for hydroxylation is 1. The number of anilines is 1. The van der Waals surface area contributed by atoms with Crippen LogP contribution in [0.15, 0.2) is 53.4 Å². The second-order valence-corrected chi connectivity index (χ2v) is 5.94. The number of carboxylic acid groups (broad SMARTS) is 1. The number of aromatic carboxylic acids is 1. The molecule has 0 atom stereocenters. The average molecular weight is 291 g/mol. The third kappa shape index (κ3) is 2.97. The third-order valence-electron chi connectivity index (χ3n) is 2.78. The first kappa shape index (κ1) is 14.1. The minimum Gasteiger partial charge on any atom is -0.478 e. The van der Waals surface area contributed by atoms with E-state index < -0.39 is 16.0 Å². The minimum absolute atomic E-state index is 0.0290. The Hall–Kier alpha value is -2.34. The fourth-order valence-electron chi connectivity index (χ4n) is 1.67. The van der Waals surface area contributed by atoms with E-state index in [9.17, 15) is 13.2 Å². The van der Waals surface area contributed by atoms with E-state index in [1.165, 1.54) is 24.3 Å². The number of rotatable bonds is 4. The molecule has 5 nitrogen and oxygen atoms in total. The maximum absolute atomic E-state index is 12.2. The molecule has 0 aliphatic heterocycles. The summed E-state index contributed by atoms with van der Waals surface area (Å²) in [6, 6.07) is 12.2. The van der Waals surface area contributed by atoms with Gasteiger partial charge in [-0.15, -0.1) is 0 Å². The minimum atomic E-state index is -3.72. The van der Waals surface area contributed by atoms with Gasteiger partial charge in [0.2, 0.25) is 0 Å². The smallest absolute Gasteiger partial charge is 0.335 e. The van der Waals surface area contributed by atoms with Gasteiger partial charge in [-0.25, -0.2) is 13.2 Å². The number of carbonyl (C=O) groups is 1. The van der Waals surface area contributed by atoms with Gasteiger partial charge in [-0.05, 0) is 36.8 Å². The predicted octanol–water partition coefficient (Wildman–Crippen LogP) is 2.49. The molecule has 20 heavy (non-hydrogen) atoms. The molecular weight excluding hydrogens is 278 g/mol. The van der Waals surface area contributed by atoms with Gasteiger partial charge in [0, 0.05) is 0 Å². The van der Waals surface area contributed by atoms with Crippen LogP contribution in [0.2, 0.25) is 0 Å². The first-order valence-corrected chi connectivity index (χ1v) is 7.30. The first-order valence-electron chi connectivity index (χ1n) is 5.82. The first-order chi connectivity index (χ1) is 9.40. The molecule has 104 valence electrons. The highest BCUT2D eigenvalue weighted by Crippen LogP contribution is 2.21. The predicted molar refractivity (Wildman–Crippen MR) is 75.4 cm³/mol. The molecule has 0 aliphatic rings. The Labute approximate surface area is 116 Å². The summed E-state index contributed by atoms with van der Waals surface area (Å²) in [4.78, 5) is 11.0. The monoisotopic (exact) mass is 291 g/mol. The molecule has 2 aromatic carbocycles. The highest BCUT2D eigenvalue weighted by molar-refractivity contribution is 7.92. The van der Waals surface area contributed by atoms with Gasteiger partial charge >= 0.3 is 5.97 Å². The quantitative estimate of drug-likeness (QED) is 0.906. The molecule has 0 saturated carbocycles. The van der Waals surface area contributed by atoms with Crippen LogP contribution in [-0.4, -0.2) is 19.5 Å². The highest BCUT2D eigenvalue weighted by Gasteiger charge is 2.15. The zero-order chi connectivity index (χ0) is 14.8. The molecule has 0 aliphatic carbocycles. The van der Waals surface area contributed by atoms with Crippen molar-refractivity contribution in [2.45, 2.75) is 11.8 Å². The number of nitrogens with one attached hydrogen (secondary N) is 1. The van der Waals surface area contributed by atoms with Crippen molar-refractivity contribution in [1.82, 2.24) is 0 Å². The van der Waals surface area contributed by atoms with Gasteiger partial charge in [0.1, 0.15) is 0 Å². The van der Waals surface area contributed by atoms with Crippen LogP contribution in [0.4, 0.5) is 5.69 Å². The van der Waals surface area contributed by atoms with Crippen molar-refractivity contribution in [2.75, 3.05) is 4.72 Å². The Morgan fingerprint density at radius 2 is 1.75 bits per heavy atom. The molecule has 2 N–H and O–H groups in total. The summed E-state index contributed by atoms with van der Waals surface area (Å²) in [6.07, 6.45) is 0. The Kier molecular flexibility index (Phi) is 3.76. The van der Waals surface area contributed by atoms with Gasteiger partial charge in [-0.3, -0.25) is 4.72 Å². The standard InChI is InChI=1S/C14H13NO4S/c1-10-7-8-11(14(16)17)9-13(10)15-20(18,19)12-5-3-2-4-6-12/h2-9,15H,1H3,(H,16,17). The molecule has 0 fully saturated rings. The van der Waals surface area contributed by atoms with E-state index in [-0.39, 0.29) is 16.1 Å². The van der Waals surface area contributed by atoms with Gasteiger partial charge in [0.25, 0.3) is 10.0 Å². The lowest BCUT2D eigenvalue weighted by Gasteiger charge is -2.11. The molecule has 2 aromatic rings. The largest absolute Gasteiger partial charge is 0.478 e. The summed E-state index contributed by atoms with van der Waals surface area (Å²) in [5, 5.41) is 8.94. The molecule has 0 unspecified atom stereocenters. The lowest BCUT2D eigenvalue weighted by Crippen LogP contribution is -2.14. The Morgan fingerprint density at radius 3 is 2.35 bits per heavy atom. The van der Waals surface area contributed by atoms with Gasteiger partial charge in [0.05, 0.1) is 16.1 Å². The van der Waals surface area contributed by atoms with Crippen LogP contribution in [0.1, 0.15) is 15.9 Å². The van der Waals surface area contributed by atoms with Crippen molar-refractivity contribution in [1.29, 1.82) is 0 Å². The van der Waals surface area contributed by atoms with Crippen LogP contribution >= 0.6 is 0 Å². The van der Waals surface area contributed by atoms with Crippen LogP contribution < -0.4 is 4.72 Å². The SMILES string of the molecule is Cc1ccc(C(=O)O)cc1NS(=O)(=O)c1ccccc1. The fourth-order valence-corrected chi connectivity index (χ4v) is 2.81.